The highest BCUT2D eigenvalue weighted by atomic mass is 28.4. The molecule has 2 atom stereocenters. The Morgan fingerprint density at radius 3 is 1.81 bits per heavy atom. The van der Waals surface area contributed by atoms with Crippen molar-refractivity contribution in [1.29, 1.82) is 5.26 Å². The summed E-state index contributed by atoms with van der Waals surface area (Å²) < 4.78 is 41.6. The molecule has 0 saturated carbocycles. The van der Waals surface area contributed by atoms with Gasteiger partial charge in [0.2, 0.25) is 0 Å². The monoisotopic (exact) mass is 389 g/mol. The second-order valence-corrected chi connectivity index (χ2v) is 7.85. The molecule has 150 valence electrons. The molecule has 0 aromatic heterocycles. The van der Waals surface area contributed by atoms with Crippen LogP contribution >= 0.6 is 0 Å². The summed E-state index contributed by atoms with van der Waals surface area (Å²) in [6.07, 6.45) is 1.34. The lowest BCUT2D eigenvalue weighted by atomic mass is 10.1. The fourth-order valence-corrected chi connectivity index (χ4v) is 6.40. The zero-order valence-corrected chi connectivity index (χ0v) is 17.6. The summed E-state index contributed by atoms with van der Waals surface area (Å²) in [5.41, 5.74) is 0. The summed E-state index contributed by atoms with van der Waals surface area (Å²) in [5.74, 6) is -1.56. The van der Waals surface area contributed by atoms with Gasteiger partial charge in [-0.2, -0.15) is 5.26 Å². The standard InChI is InChI=1S/C17H31NO7Si/c1-7-19-15-13-22-16(14-18,20-8-2)17(15,21-9-3)26(23-10-4,24-11-5)25-12-6/h13H,7-12H2,1-6H3. The van der Waals surface area contributed by atoms with Crippen LogP contribution in [0.2, 0.25) is 0 Å². The van der Waals surface area contributed by atoms with Crippen LogP contribution in [-0.4, -0.2) is 59.5 Å². The maximum absolute atomic E-state index is 10.1. The van der Waals surface area contributed by atoms with Crippen LogP contribution in [0.15, 0.2) is 12.0 Å². The van der Waals surface area contributed by atoms with Crippen molar-refractivity contribution >= 4 is 8.80 Å². The first-order chi connectivity index (χ1) is 12.5. The van der Waals surface area contributed by atoms with Crippen LogP contribution in [0.4, 0.5) is 0 Å². The third kappa shape index (κ3) is 3.62. The number of ether oxygens (including phenoxy) is 4. The van der Waals surface area contributed by atoms with E-state index in [0.717, 1.165) is 0 Å². The van der Waals surface area contributed by atoms with Crippen molar-refractivity contribution in [2.24, 2.45) is 0 Å². The van der Waals surface area contributed by atoms with E-state index in [2.05, 4.69) is 6.07 Å². The lowest BCUT2D eigenvalue weighted by molar-refractivity contribution is -0.247. The maximum Gasteiger partial charge on any atom is 0.551 e. The molecule has 2 unspecified atom stereocenters. The van der Waals surface area contributed by atoms with Gasteiger partial charge >= 0.3 is 14.6 Å². The number of nitriles is 1. The Hall–Kier alpha value is -1.15. The number of rotatable bonds is 13. The van der Waals surface area contributed by atoms with Gasteiger partial charge in [0.15, 0.2) is 5.76 Å². The molecule has 8 nitrogen and oxygen atoms in total. The van der Waals surface area contributed by atoms with Crippen molar-refractivity contribution in [1.82, 2.24) is 0 Å². The summed E-state index contributed by atoms with van der Waals surface area (Å²) in [7, 11) is -3.72. The van der Waals surface area contributed by atoms with E-state index in [-0.39, 0.29) is 19.0 Å². The molecule has 0 N–H and O–H groups in total. The second kappa shape index (κ2) is 10.3. The topological polar surface area (TPSA) is 88.4 Å². The summed E-state index contributed by atoms with van der Waals surface area (Å²) >= 11 is 0. The molecule has 1 aliphatic heterocycles. The second-order valence-electron chi connectivity index (χ2n) is 5.16. The predicted molar refractivity (Wildman–Crippen MR) is 95.8 cm³/mol. The van der Waals surface area contributed by atoms with Gasteiger partial charge in [-0.15, -0.1) is 0 Å². The number of nitrogens with zero attached hydrogens (tertiary/aromatic N) is 1. The van der Waals surface area contributed by atoms with E-state index in [1.807, 2.05) is 27.7 Å². The van der Waals surface area contributed by atoms with Gasteiger partial charge in [0.1, 0.15) is 12.3 Å². The molecule has 1 heterocycles. The first-order valence-electron chi connectivity index (χ1n) is 9.15. The van der Waals surface area contributed by atoms with E-state index in [1.165, 1.54) is 6.26 Å². The lowest BCUT2D eigenvalue weighted by Gasteiger charge is -2.46. The molecule has 1 rings (SSSR count). The van der Waals surface area contributed by atoms with Gasteiger partial charge < -0.3 is 32.2 Å². The highest BCUT2D eigenvalue weighted by molar-refractivity contribution is 6.65. The Morgan fingerprint density at radius 2 is 1.42 bits per heavy atom. The van der Waals surface area contributed by atoms with Crippen LogP contribution < -0.4 is 0 Å². The van der Waals surface area contributed by atoms with Gasteiger partial charge in [0.25, 0.3) is 5.22 Å². The van der Waals surface area contributed by atoms with Crippen molar-refractivity contribution in [3.05, 3.63) is 12.0 Å². The van der Waals surface area contributed by atoms with Gasteiger partial charge in [-0.1, -0.05) is 0 Å². The Labute approximate surface area is 157 Å². The SMILES string of the molecule is CCOC1=COC(C#N)(OCC)C1(OCC)[Si](OCC)(OCC)OCC. The molecular weight excluding hydrogens is 358 g/mol. The van der Waals surface area contributed by atoms with Gasteiger partial charge in [-0.25, -0.2) is 0 Å². The zero-order valence-electron chi connectivity index (χ0n) is 16.6. The van der Waals surface area contributed by atoms with E-state index < -0.39 is 19.8 Å². The lowest BCUT2D eigenvalue weighted by Crippen LogP contribution is -2.76. The normalized spacial score (nSPS) is 25.5. The average Bonchev–Trinajstić information content (AvgIpc) is 2.92. The van der Waals surface area contributed by atoms with Crippen molar-refractivity contribution in [3.63, 3.8) is 0 Å². The van der Waals surface area contributed by atoms with Crippen LogP contribution in [0.5, 0.6) is 0 Å². The molecule has 0 aromatic rings. The molecule has 0 radical (unpaired) electrons. The van der Waals surface area contributed by atoms with Gasteiger partial charge in [0.05, 0.1) is 6.61 Å². The first-order valence-corrected chi connectivity index (χ1v) is 10.9. The average molecular weight is 390 g/mol. The Morgan fingerprint density at radius 1 is 0.885 bits per heavy atom. The van der Waals surface area contributed by atoms with Crippen molar-refractivity contribution in [2.75, 3.05) is 39.6 Å². The van der Waals surface area contributed by atoms with Crippen molar-refractivity contribution < 1.29 is 32.2 Å². The van der Waals surface area contributed by atoms with Crippen molar-refractivity contribution in [2.45, 2.75) is 52.6 Å². The van der Waals surface area contributed by atoms with Crippen LogP contribution in [0.1, 0.15) is 41.5 Å². The third-order valence-electron chi connectivity index (χ3n) is 3.73. The Bertz CT molecular complexity index is 493. The molecule has 0 aliphatic carbocycles. The molecule has 0 aromatic carbocycles. The highest BCUT2D eigenvalue weighted by Crippen LogP contribution is 2.50. The molecule has 0 bridgehead atoms. The minimum atomic E-state index is -3.72. The molecular formula is C17H31NO7Si. The largest absolute Gasteiger partial charge is 0.551 e. The quantitative estimate of drug-likeness (QED) is 0.444. The summed E-state index contributed by atoms with van der Waals surface area (Å²) in [6.45, 7) is 12.6. The number of hydrogen-bond acceptors (Lipinski definition) is 8. The van der Waals surface area contributed by atoms with Gasteiger partial charge in [-0.3, -0.25) is 0 Å². The molecule has 26 heavy (non-hydrogen) atoms. The van der Waals surface area contributed by atoms with Crippen molar-refractivity contribution in [3.8, 4) is 6.07 Å². The number of hydrogen-bond donors (Lipinski definition) is 0. The molecule has 9 heteroatoms. The van der Waals surface area contributed by atoms with Gasteiger partial charge in [-0.05, 0) is 41.5 Å². The van der Waals surface area contributed by atoms with Crippen LogP contribution in [-0.2, 0) is 32.2 Å². The highest BCUT2D eigenvalue weighted by Gasteiger charge is 2.81. The zero-order chi connectivity index (χ0) is 19.7. The van der Waals surface area contributed by atoms with Crippen LogP contribution in [0.25, 0.3) is 0 Å². The van der Waals surface area contributed by atoms with Crippen LogP contribution in [0.3, 0.4) is 0 Å². The Kier molecular flexibility index (Phi) is 9.02. The smallest absolute Gasteiger partial charge is 0.492 e. The van der Waals surface area contributed by atoms with Crippen LogP contribution in [0, 0.1) is 11.3 Å². The molecule has 0 spiro atoms. The van der Waals surface area contributed by atoms with E-state index in [0.29, 0.717) is 26.4 Å². The first kappa shape index (κ1) is 22.9. The predicted octanol–water partition coefficient (Wildman–Crippen LogP) is 2.51. The van der Waals surface area contributed by atoms with E-state index in [9.17, 15) is 5.26 Å². The van der Waals surface area contributed by atoms with E-state index >= 15 is 0 Å². The van der Waals surface area contributed by atoms with E-state index in [1.54, 1.807) is 13.8 Å². The fourth-order valence-electron chi connectivity index (χ4n) is 3.06. The summed E-state index contributed by atoms with van der Waals surface area (Å²) in [6, 6.07) is 2.12. The fraction of sp³-hybridized carbons (Fsp3) is 0.824. The summed E-state index contributed by atoms with van der Waals surface area (Å²) in [5, 5.41) is 8.45. The molecule has 0 fully saturated rings. The maximum atomic E-state index is 10.1. The van der Waals surface area contributed by atoms with Gasteiger partial charge in [0, 0.05) is 33.0 Å². The minimum absolute atomic E-state index is 0.213. The summed E-state index contributed by atoms with van der Waals surface area (Å²) in [4.78, 5) is 0. The molecule has 0 saturated heterocycles. The molecule has 1 aliphatic rings. The van der Waals surface area contributed by atoms with E-state index in [4.69, 9.17) is 32.2 Å². The third-order valence-corrected chi connectivity index (χ3v) is 7.32. The minimum Gasteiger partial charge on any atom is -0.492 e. The molecule has 0 amide bonds. The Balaban J connectivity index is 3.76.